The van der Waals surface area contributed by atoms with Gasteiger partial charge in [-0.3, -0.25) is 4.72 Å². The Morgan fingerprint density at radius 2 is 2.11 bits per heavy atom. The largest absolute Gasteiger partial charge is 0.454 e. The van der Waals surface area contributed by atoms with Gasteiger partial charge in [-0.25, -0.2) is 8.42 Å². The van der Waals surface area contributed by atoms with E-state index in [2.05, 4.69) is 4.72 Å². The van der Waals surface area contributed by atoms with Crippen LogP contribution < -0.4 is 14.2 Å². The molecule has 0 spiro atoms. The topological polar surface area (TPSA) is 64.6 Å². The Labute approximate surface area is 111 Å². The van der Waals surface area contributed by atoms with Crippen molar-refractivity contribution in [3.05, 3.63) is 18.2 Å². The summed E-state index contributed by atoms with van der Waals surface area (Å²) >= 11 is 5.61. The van der Waals surface area contributed by atoms with E-state index >= 15 is 0 Å². The molecule has 18 heavy (non-hydrogen) atoms. The molecule has 1 aromatic carbocycles. The van der Waals surface area contributed by atoms with Crippen molar-refractivity contribution in [2.45, 2.75) is 6.92 Å². The third-order valence-electron chi connectivity index (χ3n) is 2.41. The van der Waals surface area contributed by atoms with Crippen molar-refractivity contribution in [3.8, 4) is 11.5 Å². The van der Waals surface area contributed by atoms with Crippen LogP contribution in [0.3, 0.4) is 0 Å². The standard InChI is InChI=1S/C11H14ClNO4S/c1-8(5-12)6-18(14,15)13-9-2-3-10-11(4-9)17-7-16-10/h2-4,8,13H,5-7H2,1H3. The maximum atomic E-state index is 11.8. The van der Waals surface area contributed by atoms with Gasteiger partial charge in [-0.15, -0.1) is 11.6 Å². The molecule has 7 heteroatoms. The molecular formula is C11H14ClNO4S. The Kier molecular flexibility index (Phi) is 3.87. The number of alkyl halides is 1. The fourth-order valence-corrected chi connectivity index (χ4v) is 3.28. The lowest BCUT2D eigenvalue weighted by atomic mass is 10.3. The minimum atomic E-state index is -3.39. The predicted octanol–water partition coefficient (Wildman–Crippen LogP) is 2.03. The van der Waals surface area contributed by atoms with Crippen LogP contribution in [0.25, 0.3) is 0 Å². The highest BCUT2D eigenvalue weighted by atomic mass is 35.5. The van der Waals surface area contributed by atoms with Gasteiger partial charge in [0.05, 0.1) is 11.4 Å². The molecule has 1 aliphatic rings. The van der Waals surface area contributed by atoms with Gasteiger partial charge in [-0.1, -0.05) is 6.92 Å². The molecule has 0 aromatic heterocycles. The molecular weight excluding hydrogens is 278 g/mol. The van der Waals surface area contributed by atoms with Crippen LogP contribution in [0, 0.1) is 5.92 Å². The van der Waals surface area contributed by atoms with Crippen LogP contribution in [0.4, 0.5) is 5.69 Å². The van der Waals surface area contributed by atoms with E-state index in [1.807, 2.05) is 0 Å². The molecule has 1 aliphatic heterocycles. The van der Waals surface area contributed by atoms with Crippen LogP contribution in [0.5, 0.6) is 11.5 Å². The molecule has 100 valence electrons. The van der Waals surface area contributed by atoms with Crippen molar-refractivity contribution in [2.75, 3.05) is 23.1 Å². The van der Waals surface area contributed by atoms with Gasteiger partial charge < -0.3 is 9.47 Å². The molecule has 0 fully saturated rings. The van der Waals surface area contributed by atoms with Crippen molar-refractivity contribution < 1.29 is 17.9 Å². The summed E-state index contributed by atoms with van der Waals surface area (Å²) in [5.41, 5.74) is 0.459. The van der Waals surface area contributed by atoms with Gasteiger partial charge in [-0.05, 0) is 18.1 Å². The number of sulfonamides is 1. The first-order valence-corrected chi connectivity index (χ1v) is 7.65. The summed E-state index contributed by atoms with van der Waals surface area (Å²) in [5, 5.41) is 0. The summed E-state index contributed by atoms with van der Waals surface area (Å²) < 4.78 is 36.5. The molecule has 1 N–H and O–H groups in total. The van der Waals surface area contributed by atoms with Crippen molar-refractivity contribution in [1.82, 2.24) is 0 Å². The summed E-state index contributed by atoms with van der Waals surface area (Å²) in [6, 6.07) is 4.91. The van der Waals surface area contributed by atoms with Gasteiger partial charge in [0.15, 0.2) is 11.5 Å². The highest BCUT2D eigenvalue weighted by Gasteiger charge is 2.18. The predicted molar refractivity (Wildman–Crippen MR) is 69.9 cm³/mol. The highest BCUT2D eigenvalue weighted by molar-refractivity contribution is 7.92. The van der Waals surface area contributed by atoms with Gasteiger partial charge in [0.2, 0.25) is 16.8 Å². The fourth-order valence-electron chi connectivity index (χ4n) is 1.60. The second-order valence-corrected chi connectivity index (χ2v) is 6.29. The summed E-state index contributed by atoms with van der Waals surface area (Å²) in [5.74, 6) is 1.36. The molecule has 0 saturated heterocycles. The third kappa shape index (κ3) is 3.20. The zero-order valence-corrected chi connectivity index (χ0v) is 11.4. The SMILES string of the molecule is CC(CCl)CS(=O)(=O)Nc1ccc2c(c1)OCO2. The maximum absolute atomic E-state index is 11.8. The van der Waals surface area contributed by atoms with Crippen molar-refractivity contribution in [1.29, 1.82) is 0 Å². The van der Waals surface area contributed by atoms with Gasteiger partial charge >= 0.3 is 0 Å². The molecule has 1 aromatic rings. The average Bonchev–Trinajstić information content (AvgIpc) is 2.74. The second kappa shape index (κ2) is 5.24. The first kappa shape index (κ1) is 13.3. The van der Waals surface area contributed by atoms with E-state index in [-0.39, 0.29) is 18.5 Å². The Hall–Kier alpha value is -1.14. The molecule has 5 nitrogen and oxygen atoms in total. The van der Waals surface area contributed by atoms with Crippen LogP contribution in [0.1, 0.15) is 6.92 Å². The van der Waals surface area contributed by atoms with E-state index < -0.39 is 10.0 Å². The fraction of sp³-hybridized carbons (Fsp3) is 0.455. The first-order valence-electron chi connectivity index (χ1n) is 5.46. The number of hydrogen-bond acceptors (Lipinski definition) is 4. The molecule has 1 heterocycles. The zero-order chi connectivity index (χ0) is 13.2. The lowest BCUT2D eigenvalue weighted by Gasteiger charge is -2.11. The average molecular weight is 292 g/mol. The summed E-state index contributed by atoms with van der Waals surface area (Å²) in [4.78, 5) is 0. The molecule has 0 radical (unpaired) electrons. The Morgan fingerprint density at radius 1 is 1.39 bits per heavy atom. The molecule has 0 aliphatic carbocycles. The van der Waals surface area contributed by atoms with Crippen molar-refractivity contribution in [2.24, 2.45) is 5.92 Å². The van der Waals surface area contributed by atoms with Gasteiger partial charge in [0.25, 0.3) is 0 Å². The van der Waals surface area contributed by atoms with E-state index in [0.29, 0.717) is 23.1 Å². The minimum absolute atomic E-state index is 0.00899. The molecule has 1 unspecified atom stereocenters. The highest BCUT2D eigenvalue weighted by Crippen LogP contribution is 2.34. The molecule has 2 rings (SSSR count). The van der Waals surface area contributed by atoms with Crippen molar-refractivity contribution in [3.63, 3.8) is 0 Å². The monoisotopic (exact) mass is 291 g/mol. The number of fused-ring (bicyclic) bond motifs is 1. The van der Waals surface area contributed by atoms with Gasteiger partial charge in [-0.2, -0.15) is 0 Å². The Morgan fingerprint density at radius 3 is 2.83 bits per heavy atom. The van der Waals surface area contributed by atoms with E-state index in [1.54, 1.807) is 25.1 Å². The van der Waals surface area contributed by atoms with E-state index in [4.69, 9.17) is 21.1 Å². The first-order chi connectivity index (χ1) is 8.50. The van der Waals surface area contributed by atoms with E-state index in [9.17, 15) is 8.42 Å². The number of anilines is 1. The molecule has 0 saturated carbocycles. The van der Waals surface area contributed by atoms with Crippen LogP contribution in [-0.4, -0.2) is 26.8 Å². The molecule has 0 amide bonds. The lowest BCUT2D eigenvalue weighted by Crippen LogP contribution is -2.22. The van der Waals surface area contributed by atoms with Gasteiger partial charge in [0, 0.05) is 11.9 Å². The number of ether oxygens (including phenoxy) is 2. The van der Waals surface area contributed by atoms with Crippen molar-refractivity contribution >= 4 is 27.3 Å². The normalized spacial score (nSPS) is 15.4. The minimum Gasteiger partial charge on any atom is -0.454 e. The van der Waals surface area contributed by atoms with Crippen LogP contribution in [0.2, 0.25) is 0 Å². The Balaban J connectivity index is 2.09. The number of nitrogens with one attached hydrogen (secondary N) is 1. The van der Waals surface area contributed by atoms with E-state index in [1.165, 1.54) is 0 Å². The number of halogens is 1. The maximum Gasteiger partial charge on any atom is 0.233 e. The second-order valence-electron chi connectivity index (χ2n) is 4.21. The molecule has 0 bridgehead atoms. The summed E-state index contributed by atoms with van der Waals surface area (Å²) in [6.07, 6.45) is 0. The zero-order valence-electron chi connectivity index (χ0n) is 9.85. The number of hydrogen-bond donors (Lipinski definition) is 1. The number of benzene rings is 1. The van der Waals surface area contributed by atoms with Crippen LogP contribution >= 0.6 is 11.6 Å². The lowest BCUT2D eigenvalue weighted by molar-refractivity contribution is 0.174. The van der Waals surface area contributed by atoms with Gasteiger partial charge in [0.1, 0.15) is 0 Å². The number of rotatable bonds is 5. The quantitative estimate of drug-likeness (QED) is 0.843. The Bertz CT molecular complexity index is 532. The smallest absolute Gasteiger partial charge is 0.233 e. The summed E-state index contributed by atoms with van der Waals surface area (Å²) in [7, 11) is -3.39. The van der Waals surface area contributed by atoms with Crippen LogP contribution in [-0.2, 0) is 10.0 Å². The summed E-state index contributed by atoms with van der Waals surface area (Å²) in [6.45, 7) is 1.95. The molecule has 1 atom stereocenters. The van der Waals surface area contributed by atoms with E-state index in [0.717, 1.165) is 0 Å². The third-order valence-corrected chi connectivity index (χ3v) is 4.49. The van der Waals surface area contributed by atoms with Crippen LogP contribution in [0.15, 0.2) is 18.2 Å².